The van der Waals surface area contributed by atoms with Gasteiger partial charge in [0.2, 0.25) is 0 Å². The Hall–Kier alpha value is -4.63. The lowest BCUT2D eigenvalue weighted by Crippen LogP contribution is -2.01. The zero-order valence-electron chi connectivity index (χ0n) is 18.5. The van der Waals surface area contributed by atoms with E-state index in [1.54, 1.807) is 43.7 Å². The van der Waals surface area contributed by atoms with Gasteiger partial charge < -0.3 is 5.32 Å². The van der Waals surface area contributed by atoms with E-state index in [4.69, 9.17) is 10.2 Å². The van der Waals surface area contributed by atoms with Crippen LogP contribution in [0.25, 0.3) is 33.4 Å². The molecular weight excluding hydrogens is 425 g/mol. The second-order valence-corrected chi connectivity index (χ2v) is 8.01. The van der Waals surface area contributed by atoms with Crippen LogP contribution in [-0.2, 0) is 6.54 Å². The molecule has 0 aliphatic rings. The number of hydrogen-bond acceptors (Lipinski definition) is 5. The second kappa shape index (κ2) is 9.08. The van der Waals surface area contributed by atoms with Crippen LogP contribution in [0.15, 0.2) is 85.3 Å². The minimum absolute atomic E-state index is 0.244. The Morgan fingerprint density at radius 1 is 0.853 bits per heavy atom. The van der Waals surface area contributed by atoms with Gasteiger partial charge in [-0.15, -0.1) is 0 Å². The first-order valence-corrected chi connectivity index (χ1v) is 10.8. The van der Waals surface area contributed by atoms with Crippen LogP contribution in [0.5, 0.6) is 0 Å². The summed E-state index contributed by atoms with van der Waals surface area (Å²) in [7, 11) is 0. The molecule has 1 N–H and O–H groups in total. The van der Waals surface area contributed by atoms with Crippen molar-refractivity contribution in [3.05, 3.63) is 108 Å². The largest absolute Gasteiger partial charge is 0.380 e. The second-order valence-electron chi connectivity index (χ2n) is 8.01. The van der Waals surface area contributed by atoms with Gasteiger partial charge in [-0.3, -0.25) is 15.0 Å². The number of pyridine rings is 1. The number of nitriles is 1. The number of anilines is 1. The molecule has 34 heavy (non-hydrogen) atoms. The van der Waals surface area contributed by atoms with Crippen molar-refractivity contribution in [2.75, 3.05) is 5.32 Å². The number of nitrogens with zero attached hydrogens (tertiary/aromatic N) is 4. The molecule has 2 heterocycles. The van der Waals surface area contributed by atoms with Crippen molar-refractivity contribution in [1.82, 2.24) is 15.0 Å². The Morgan fingerprint density at radius 2 is 1.62 bits per heavy atom. The van der Waals surface area contributed by atoms with E-state index in [1.165, 1.54) is 6.07 Å². The molecule has 3 aromatic carbocycles. The first-order chi connectivity index (χ1) is 16.6. The highest BCUT2D eigenvalue weighted by molar-refractivity contribution is 5.88. The number of rotatable bonds is 5. The van der Waals surface area contributed by atoms with E-state index in [2.05, 4.69) is 21.4 Å². The number of nitrogens with one attached hydrogen (secondary N) is 1. The van der Waals surface area contributed by atoms with Crippen LogP contribution < -0.4 is 5.32 Å². The Bertz CT molecular complexity index is 1540. The molecule has 2 aromatic heterocycles. The molecule has 0 atom stereocenters. The van der Waals surface area contributed by atoms with Gasteiger partial charge in [0.25, 0.3) is 0 Å². The zero-order valence-corrected chi connectivity index (χ0v) is 18.5. The number of aromatic nitrogens is 3. The molecule has 5 aromatic rings. The third kappa shape index (κ3) is 4.32. The van der Waals surface area contributed by atoms with Gasteiger partial charge in [0, 0.05) is 30.1 Å². The van der Waals surface area contributed by atoms with Gasteiger partial charge >= 0.3 is 0 Å². The summed E-state index contributed by atoms with van der Waals surface area (Å²) in [5.41, 5.74) is 8.15. The monoisotopic (exact) mass is 445 g/mol. The molecule has 0 saturated heterocycles. The number of aryl methyl sites for hydroxylation is 1. The van der Waals surface area contributed by atoms with E-state index in [1.807, 2.05) is 42.5 Å². The summed E-state index contributed by atoms with van der Waals surface area (Å²) >= 11 is 0. The lowest BCUT2D eigenvalue weighted by Gasteiger charge is -2.14. The third-order valence-electron chi connectivity index (χ3n) is 5.68. The summed E-state index contributed by atoms with van der Waals surface area (Å²) in [5, 5.41) is 12.4. The predicted molar refractivity (Wildman–Crippen MR) is 131 cm³/mol. The fourth-order valence-electron chi connectivity index (χ4n) is 3.84. The minimum atomic E-state index is -0.244. The average molecular weight is 446 g/mol. The van der Waals surface area contributed by atoms with Crippen molar-refractivity contribution in [2.45, 2.75) is 13.5 Å². The van der Waals surface area contributed by atoms with Crippen LogP contribution in [0.3, 0.4) is 0 Å². The lowest BCUT2D eigenvalue weighted by atomic mass is 9.97. The van der Waals surface area contributed by atoms with Crippen molar-refractivity contribution in [3.63, 3.8) is 0 Å². The van der Waals surface area contributed by atoms with Crippen molar-refractivity contribution < 1.29 is 4.39 Å². The standard InChI is InChI=1S/C28H20FN5/c1-18-12-22(6-8-25(18)29)28-24(21-7-9-26-27(13-21)32-11-10-31-26)14-23(17-34-28)33-16-20-4-2-19(15-30)3-5-20/h2-14,17,33H,16H2,1H3. The number of halogens is 1. The van der Waals surface area contributed by atoms with Crippen molar-refractivity contribution in [2.24, 2.45) is 0 Å². The zero-order chi connectivity index (χ0) is 23.5. The van der Waals surface area contributed by atoms with Gasteiger partial charge in [0.05, 0.1) is 40.2 Å². The topological polar surface area (TPSA) is 74.5 Å². The first kappa shape index (κ1) is 21.2. The van der Waals surface area contributed by atoms with E-state index in [-0.39, 0.29) is 5.82 Å². The number of fused-ring (bicyclic) bond motifs is 1. The molecule has 0 unspecified atom stereocenters. The fraction of sp³-hybridized carbons (Fsp3) is 0.0714. The first-order valence-electron chi connectivity index (χ1n) is 10.8. The maximum absolute atomic E-state index is 13.9. The summed E-state index contributed by atoms with van der Waals surface area (Å²) in [6.45, 7) is 2.34. The highest BCUT2D eigenvalue weighted by Crippen LogP contribution is 2.34. The minimum Gasteiger partial charge on any atom is -0.380 e. The number of benzene rings is 3. The highest BCUT2D eigenvalue weighted by Gasteiger charge is 2.13. The molecular formula is C28H20FN5. The van der Waals surface area contributed by atoms with Gasteiger partial charge in [-0.1, -0.05) is 18.2 Å². The molecule has 5 nitrogen and oxygen atoms in total. The molecule has 0 aliphatic carbocycles. The average Bonchev–Trinajstić information content (AvgIpc) is 2.89. The lowest BCUT2D eigenvalue weighted by molar-refractivity contribution is 0.619. The summed E-state index contributed by atoms with van der Waals surface area (Å²) in [6, 6.07) is 22.6. The van der Waals surface area contributed by atoms with E-state index in [0.717, 1.165) is 44.7 Å². The van der Waals surface area contributed by atoms with E-state index in [0.29, 0.717) is 17.7 Å². The molecule has 0 amide bonds. The normalized spacial score (nSPS) is 10.7. The Balaban J connectivity index is 1.55. The smallest absolute Gasteiger partial charge is 0.126 e. The maximum atomic E-state index is 13.9. The van der Waals surface area contributed by atoms with Crippen LogP contribution in [0, 0.1) is 24.1 Å². The summed E-state index contributed by atoms with van der Waals surface area (Å²) in [4.78, 5) is 13.5. The van der Waals surface area contributed by atoms with Gasteiger partial charge in [-0.05, 0) is 72.1 Å². The highest BCUT2D eigenvalue weighted by atomic mass is 19.1. The molecule has 0 bridgehead atoms. The van der Waals surface area contributed by atoms with Gasteiger partial charge in [-0.2, -0.15) is 5.26 Å². The van der Waals surface area contributed by atoms with Crippen molar-refractivity contribution in [3.8, 4) is 28.5 Å². The molecule has 0 fully saturated rings. The summed E-state index contributed by atoms with van der Waals surface area (Å²) in [5.74, 6) is -0.244. The van der Waals surface area contributed by atoms with Crippen LogP contribution in [0.2, 0.25) is 0 Å². The van der Waals surface area contributed by atoms with Gasteiger partial charge in [0.15, 0.2) is 0 Å². The third-order valence-corrected chi connectivity index (χ3v) is 5.68. The summed E-state index contributed by atoms with van der Waals surface area (Å²) < 4.78 is 13.9. The van der Waals surface area contributed by atoms with Gasteiger partial charge in [-0.25, -0.2) is 4.39 Å². The van der Waals surface area contributed by atoms with E-state index >= 15 is 0 Å². The Morgan fingerprint density at radius 3 is 2.38 bits per heavy atom. The van der Waals surface area contributed by atoms with Crippen LogP contribution >= 0.6 is 0 Å². The summed E-state index contributed by atoms with van der Waals surface area (Å²) in [6.07, 6.45) is 5.12. The van der Waals surface area contributed by atoms with Crippen LogP contribution in [-0.4, -0.2) is 15.0 Å². The molecule has 0 spiro atoms. The molecule has 0 saturated carbocycles. The maximum Gasteiger partial charge on any atom is 0.126 e. The molecule has 164 valence electrons. The van der Waals surface area contributed by atoms with Crippen LogP contribution in [0.1, 0.15) is 16.7 Å². The quantitative estimate of drug-likeness (QED) is 0.344. The molecule has 0 radical (unpaired) electrons. The van der Waals surface area contributed by atoms with Crippen LogP contribution in [0.4, 0.5) is 10.1 Å². The Labute approximate surface area is 196 Å². The number of hydrogen-bond donors (Lipinski definition) is 1. The molecule has 6 heteroatoms. The van der Waals surface area contributed by atoms with Gasteiger partial charge in [0.1, 0.15) is 5.82 Å². The molecule has 0 aliphatic heterocycles. The van der Waals surface area contributed by atoms with E-state index < -0.39 is 0 Å². The molecule has 5 rings (SSSR count). The Kier molecular flexibility index (Phi) is 5.67. The van der Waals surface area contributed by atoms with E-state index in [9.17, 15) is 4.39 Å². The van der Waals surface area contributed by atoms with Crippen molar-refractivity contribution in [1.29, 1.82) is 5.26 Å². The fourth-order valence-corrected chi connectivity index (χ4v) is 3.84. The SMILES string of the molecule is Cc1cc(-c2ncc(NCc3ccc(C#N)cc3)cc2-c2ccc3nccnc3c2)ccc1F. The van der Waals surface area contributed by atoms with Crippen molar-refractivity contribution >= 4 is 16.7 Å². The predicted octanol–water partition coefficient (Wildman–Crippen LogP) is 6.29.